The van der Waals surface area contributed by atoms with Crippen LogP contribution in [0.2, 0.25) is 0 Å². The van der Waals surface area contributed by atoms with Crippen molar-refractivity contribution in [1.29, 1.82) is 0 Å². The lowest BCUT2D eigenvalue weighted by Crippen LogP contribution is -2.41. The highest BCUT2D eigenvalue weighted by atomic mass is 19.4. The second kappa shape index (κ2) is 8.22. The molecule has 1 aliphatic heterocycles. The Morgan fingerprint density at radius 1 is 1.11 bits per heavy atom. The van der Waals surface area contributed by atoms with Crippen molar-refractivity contribution >= 4 is 23.3 Å². The number of benzene rings is 1. The van der Waals surface area contributed by atoms with Crippen molar-refractivity contribution in [3.8, 4) is 0 Å². The van der Waals surface area contributed by atoms with Gasteiger partial charge in [-0.05, 0) is 31.0 Å². The highest BCUT2D eigenvalue weighted by Gasteiger charge is 2.36. The summed E-state index contributed by atoms with van der Waals surface area (Å²) in [5.74, 6) is -3.86. The molecule has 2 aliphatic rings. The molecule has 1 amide bonds. The third-order valence-electron chi connectivity index (χ3n) is 4.99. The Labute approximate surface area is 160 Å². The number of rotatable bonds is 4. The minimum absolute atomic E-state index is 0.0269. The SMILES string of the molecule is O=C([O-])[C@H]1CC=CC[C@@H]1C(=O)Nc1ccc(N2CCOCC2)c(C(F)(F)F)c1. The van der Waals surface area contributed by atoms with Crippen LogP contribution in [0.15, 0.2) is 30.4 Å². The lowest BCUT2D eigenvalue weighted by Gasteiger charge is -2.31. The first-order valence-electron chi connectivity index (χ1n) is 8.98. The van der Waals surface area contributed by atoms with Crippen LogP contribution in [0.1, 0.15) is 18.4 Å². The smallest absolute Gasteiger partial charge is 0.418 e. The molecule has 28 heavy (non-hydrogen) atoms. The maximum atomic E-state index is 13.6. The van der Waals surface area contributed by atoms with Gasteiger partial charge in [0.05, 0.1) is 24.7 Å². The van der Waals surface area contributed by atoms with Gasteiger partial charge in [0.1, 0.15) is 0 Å². The molecule has 1 saturated heterocycles. The van der Waals surface area contributed by atoms with E-state index in [-0.39, 0.29) is 24.2 Å². The summed E-state index contributed by atoms with van der Waals surface area (Å²) >= 11 is 0. The molecule has 0 radical (unpaired) electrons. The number of halogens is 3. The van der Waals surface area contributed by atoms with Crippen molar-refractivity contribution in [2.75, 3.05) is 36.5 Å². The quantitative estimate of drug-likeness (QED) is 0.784. The minimum atomic E-state index is -4.60. The predicted molar refractivity (Wildman–Crippen MR) is 93.5 cm³/mol. The highest BCUT2D eigenvalue weighted by molar-refractivity contribution is 5.95. The molecule has 1 fully saturated rings. The fraction of sp³-hybridized carbons (Fsp3) is 0.474. The number of anilines is 2. The van der Waals surface area contributed by atoms with Crippen LogP contribution in [0.25, 0.3) is 0 Å². The van der Waals surface area contributed by atoms with Gasteiger partial charge in [-0.15, -0.1) is 0 Å². The number of carboxylic acids is 1. The minimum Gasteiger partial charge on any atom is -0.550 e. The molecule has 3 rings (SSSR count). The van der Waals surface area contributed by atoms with Crippen molar-refractivity contribution in [2.45, 2.75) is 19.0 Å². The molecule has 0 spiro atoms. The highest BCUT2D eigenvalue weighted by Crippen LogP contribution is 2.39. The van der Waals surface area contributed by atoms with Crippen LogP contribution in [0, 0.1) is 11.8 Å². The first kappa shape index (κ1) is 20.2. The molecule has 1 aromatic carbocycles. The summed E-state index contributed by atoms with van der Waals surface area (Å²) in [6, 6.07) is 3.60. The second-order valence-electron chi connectivity index (χ2n) is 6.79. The molecule has 1 aliphatic carbocycles. The number of alkyl halides is 3. The number of morpholine rings is 1. The van der Waals surface area contributed by atoms with Crippen LogP contribution in [-0.4, -0.2) is 38.2 Å². The van der Waals surface area contributed by atoms with Gasteiger partial charge in [0.25, 0.3) is 0 Å². The van der Waals surface area contributed by atoms with Gasteiger partial charge < -0.3 is 24.9 Å². The molecule has 1 N–H and O–H groups in total. The van der Waals surface area contributed by atoms with Crippen LogP contribution in [-0.2, 0) is 20.5 Å². The molecule has 0 bridgehead atoms. The van der Waals surface area contributed by atoms with E-state index in [2.05, 4.69) is 5.32 Å². The fourth-order valence-corrected chi connectivity index (χ4v) is 3.52. The number of ether oxygens (including phenoxy) is 1. The third kappa shape index (κ3) is 4.46. The Kier molecular flexibility index (Phi) is 5.93. The Balaban J connectivity index is 1.83. The monoisotopic (exact) mass is 397 g/mol. The van der Waals surface area contributed by atoms with E-state index in [4.69, 9.17) is 4.74 Å². The van der Waals surface area contributed by atoms with Crippen LogP contribution in [0.4, 0.5) is 24.5 Å². The van der Waals surface area contributed by atoms with Gasteiger partial charge in [0, 0.05) is 36.4 Å². The Morgan fingerprint density at radius 2 is 1.75 bits per heavy atom. The molecule has 9 heteroatoms. The van der Waals surface area contributed by atoms with Crippen molar-refractivity contribution in [2.24, 2.45) is 11.8 Å². The molecule has 152 valence electrons. The maximum Gasteiger partial charge on any atom is 0.418 e. The van der Waals surface area contributed by atoms with E-state index >= 15 is 0 Å². The average Bonchev–Trinajstić information content (AvgIpc) is 2.68. The van der Waals surface area contributed by atoms with E-state index in [1.54, 1.807) is 17.1 Å². The van der Waals surface area contributed by atoms with Crippen LogP contribution in [0.5, 0.6) is 0 Å². The molecular weight excluding hydrogens is 377 g/mol. The van der Waals surface area contributed by atoms with E-state index < -0.39 is 35.5 Å². The topological polar surface area (TPSA) is 81.7 Å². The van der Waals surface area contributed by atoms with Gasteiger partial charge in [0.15, 0.2) is 0 Å². The van der Waals surface area contributed by atoms with Gasteiger partial charge in [-0.2, -0.15) is 13.2 Å². The summed E-state index contributed by atoms with van der Waals surface area (Å²) in [6.45, 7) is 1.37. The molecule has 1 heterocycles. The number of carboxylic acid groups (broad SMARTS) is 1. The standard InChI is InChI=1S/C19H21F3N2O4/c20-19(21,22)15-11-12(5-6-16(15)24-7-9-28-10-8-24)23-17(25)13-3-1-2-4-14(13)18(26)27/h1-2,5-6,11,13-14H,3-4,7-10H2,(H,23,25)(H,26,27)/p-1/t13-,14-/m0/s1. The van der Waals surface area contributed by atoms with Crippen molar-refractivity contribution < 1.29 is 32.6 Å². The van der Waals surface area contributed by atoms with Crippen LogP contribution in [0.3, 0.4) is 0 Å². The lowest BCUT2D eigenvalue weighted by molar-refractivity contribution is -0.313. The third-order valence-corrected chi connectivity index (χ3v) is 4.99. The van der Waals surface area contributed by atoms with Gasteiger partial charge in [-0.3, -0.25) is 4.79 Å². The van der Waals surface area contributed by atoms with E-state index in [0.717, 1.165) is 6.07 Å². The molecule has 1 aromatic rings. The number of nitrogens with zero attached hydrogens (tertiary/aromatic N) is 1. The molecule has 0 aromatic heterocycles. The number of aliphatic carboxylic acids is 1. The summed E-state index contributed by atoms with van der Waals surface area (Å²) < 4.78 is 45.9. The van der Waals surface area contributed by atoms with Gasteiger partial charge in [-0.25, -0.2) is 0 Å². The molecule has 2 atom stereocenters. The zero-order chi connectivity index (χ0) is 20.3. The Hall–Kier alpha value is -2.55. The molecule has 0 unspecified atom stereocenters. The van der Waals surface area contributed by atoms with Crippen LogP contribution < -0.4 is 15.3 Å². The lowest BCUT2D eigenvalue weighted by atomic mass is 9.82. The Morgan fingerprint density at radius 3 is 2.36 bits per heavy atom. The number of carbonyl (C=O) groups is 2. The summed E-state index contributed by atoms with van der Waals surface area (Å²) in [4.78, 5) is 25.3. The van der Waals surface area contributed by atoms with E-state index in [1.165, 1.54) is 12.1 Å². The summed E-state index contributed by atoms with van der Waals surface area (Å²) in [5.41, 5.74) is -0.852. The van der Waals surface area contributed by atoms with E-state index in [1.807, 2.05) is 0 Å². The largest absolute Gasteiger partial charge is 0.550 e. The van der Waals surface area contributed by atoms with Crippen molar-refractivity contribution in [3.05, 3.63) is 35.9 Å². The van der Waals surface area contributed by atoms with E-state index in [0.29, 0.717) is 26.3 Å². The van der Waals surface area contributed by atoms with Gasteiger partial charge >= 0.3 is 6.18 Å². The first-order valence-corrected chi connectivity index (χ1v) is 8.98. The maximum absolute atomic E-state index is 13.6. The number of carbonyl (C=O) groups excluding carboxylic acids is 2. The molecule has 6 nitrogen and oxygen atoms in total. The zero-order valence-electron chi connectivity index (χ0n) is 15.0. The second-order valence-corrected chi connectivity index (χ2v) is 6.79. The molecular formula is C19H20F3N2O4-. The number of hydrogen-bond acceptors (Lipinski definition) is 5. The first-order chi connectivity index (χ1) is 13.3. The van der Waals surface area contributed by atoms with Gasteiger partial charge in [-0.1, -0.05) is 12.2 Å². The Bertz CT molecular complexity index is 773. The zero-order valence-corrected chi connectivity index (χ0v) is 15.0. The number of hydrogen-bond donors (Lipinski definition) is 1. The number of nitrogens with one attached hydrogen (secondary N) is 1. The van der Waals surface area contributed by atoms with Gasteiger partial charge in [0.2, 0.25) is 5.91 Å². The fourth-order valence-electron chi connectivity index (χ4n) is 3.52. The van der Waals surface area contributed by atoms with E-state index in [9.17, 15) is 27.9 Å². The summed E-state index contributed by atoms with van der Waals surface area (Å²) in [7, 11) is 0. The number of amides is 1. The van der Waals surface area contributed by atoms with Crippen molar-refractivity contribution in [1.82, 2.24) is 0 Å². The van der Waals surface area contributed by atoms with Crippen molar-refractivity contribution in [3.63, 3.8) is 0 Å². The normalized spacial score (nSPS) is 22.8. The van der Waals surface area contributed by atoms with Crippen LogP contribution >= 0.6 is 0 Å². The number of allylic oxidation sites excluding steroid dienone is 2. The molecule has 0 saturated carbocycles. The predicted octanol–water partition coefficient (Wildman–Crippen LogP) is 1.81. The average molecular weight is 397 g/mol. The summed E-state index contributed by atoms with van der Waals surface area (Å²) in [6.07, 6.45) is -0.905. The summed E-state index contributed by atoms with van der Waals surface area (Å²) in [5, 5.41) is 13.7.